The van der Waals surface area contributed by atoms with Crippen LogP contribution in [0.15, 0.2) is 48.5 Å². The molecule has 1 atom stereocenters. The number of amides is 1. The summed E-state index contributed by atoms with van der Waals surface area (Å²) in [5.74, 6) is -0.289. The Morgan fingerprint density at radius 2 is 1.69 bits per heavy atom. The van der Waals surface area contributed by atoms with Crippen molar-refractivity contribution in [2.75, 3.05) is 26.2 Å². The molecule has 0 radical (unpaired) electrons. The van der Waals surface area contributed by atoms with Crippen molar-refractivity contribution in [3.63, 3.8) is 0 Å². The van der Waals surface area contributed by atoms with Gasteiger partial charge < -0.3 is 4.90 Å². The Kier molecular flexibility index (Phi) is 5.54. The van der Waals surface area contributed by atoms with E-state index in [4.69, 9.17) is 11.6 Å². The van der Waals surface area contributed by atoms with Gasteiger partial charge in [-0.15, -0.1) is 0 Å². The normalized spacial score (nSPS) is 16.3. The van der Waals surface area contributed by atoms with Gasteiger partial charge in [0.05, 0.1) is 4.92 Å². The van der Waals surface area contributed by atoms with Gasteiger partial charge in [-0.2, -0.15) is 0 Å². The average Bonchev–Trinajstić information content (AvgIpc) is 2.67. The predicted molar refractivity (Wildman–Crippen MR) is 100 cm³/mol. The van der Waals surface area contributed by atoms with E-state index in [1.807, 2.05) is 24.3 Å². The number of benzene rings is 2. The number of carbonyl (C=O) groups excluding carboxylic acids is 1. The predicted octanol–water partition coefficient (Wildman–Crippen LogP) is 3.77. The number of nitro benzene ring substituents is 1. The maximum absolute atomic E-state index is 12.7. The third-order valence-corrected chi connectivity index (χ3v) is 5.18. The van der Waals surface area contributed by atoms with Gasteiger partial charge in [0, 0.05) is 43.3 Å². The van der Waals surface area contributed by atoms with Gasteiger partial charge in [0.25, 0.3) is 11.6 Å². The summed E-state index contributed by atoms with van der Waals surface area (Å²) >= 11 is 6.29. The molecular formula is C19H20ClN3O3. The van der Waals surface area contributed by atoms with Crippen LogP contribution in [0, 0.1) is 10.1 Å². The van der Waals surface area contributed by atoms with E-state index in [1.54, 1.807) is 17.0 Å². The Balaban J connectivity index is 1.68. The van der Waals surface area contributed by atoms with E-state index in [-0.39, 0.29) is 23.2 Å². The molecule has 1 aliphatic heterocycles. The van der Waals surface area contributed by atoms with Crippen LogP contribution in [0.1, 0.15) is 28.9 Å². The first-order valence-corrected chi connectivity index (χ1v) is 8.88. The lowest BCUT2D eigenvalue weighted by molar-refractivity contribution is -0.385. The largest absolute Gasteiger partial charge is 0.336 e. The fourth-order valence-corrected chi connectivity index (χ4v) is 3.60. The lowest BCUT2D eigenvalue weighted by atomic mass is 10.1. The minimum absolute atomic E-state index is 0.144. The van der Waals surface area contributed by atoms with Crippen LogP contribution < -0.4 is 0 Å². The van der Waals surface area contributed by atoms with Crippen molar-refractivity contribution in [3.8, 4) is 0 Å². The minimum Gasteiger partial charge on any atom is -0.336 e. The van der Waals surface area contributed by atoms with Crippen LogP contribution in [-0.2, 0) is 0 Å². The number of hydrogen-bond acceptors (Lipinski definition) is 4. The molecule has 136 valence electrons. The summed E-state index contributed by atoms with van der Waals surface area (Å²) in [5, 5.41) is 11.9. The molecule has 2 aromatic rings. The van der Waals surface area contributed by atoms with Crippen LogP contribution in [-0.4, -0.2) is 46.8 Å². The highest BCUT2D eigenvalue weighted by Gasteiger charge is 2.29. The Morgan fingerprint density at radius 1 is 1.08 bits per heavy atom. The molecule has 6 nitrogen and oxygen atoms in total. The third-order valence-electron chi connectivity index (χ3n) is 4.84. The molecule has 0 spiro atoms. The number of nitro groups is 1. The smallest absolute Gasteiger partial charge is 0.282 e. The standard InChI is InChI=1S/C19H20ClN3O3/c1-14(15-6-2-4-8-17(15)20)21-10-12-22(13-11-21)19(24)16-7-3-5-9-18(16)23(25)26/h2-9,14H,10-13H2,1H3. The van der Waals surface area contributed by atoms with Crippen molar-refractivity contribution < 1.29 is 9.72 Å². The highest BCUT2D eigenvalue weighted by atomic mass is 35.5. The van der Waals surface area contributed by atoms with Crippen LogP contribution in [0.3, 0.4) is 0 Å². The van der Waals surface area contributed by atoms with Gasteiger partial charge in [0.2, 0.25) is 0 Å². The van der Waals surface area contributed by atoms with Gasteiger partial charge in [0.1, 0.15) is 5.56 Å². The SMILES string of the molecule is CC(c1ccccc1Cl)N1CCN(C(=O)c2ccccc2[N+](=O)[O-])CC1. The molecule has 1 saturated heterocycles. The Labute approximate surface area is 157 Å². The van der Waals surface area contributed by atoms with Crippen molar-refractivity contribution in [3.05, 3.63) is 74.8 Å². The number of rotatable bonds is 4. The Morgan fingerprint density at radius 3 is 2.35 bits per heavy atom. The molecule has 0 saturated carbocycles. The fourth-order valence-electron chi connectivity index (χ4n) is 3.31. The Bertz CT molecular complexity index is 819. The van der Waals surface area contributed by atoms with E-state index in [0.717, 1.165) is 10.6 Å². The molecule has 0 aromatic heterocycles. The quantitative estimate of drug-likeness (QED) is 0.604. The molecule has 26 heavy (non-hydrogen) atoms. The van der Waals surface area contributed by atoms with Crippen LogP contribution in [0.2, 0.25) is 5.02 Å². The zero-order valence-corrected chi connectivity index (χ0v) is 15.2. The van der Waals surface area contributed by atoms with Crippen molar-refractivity contribution in [2.45, 2.75) is 13.0 Å². The molecular weight excluding hydrogens is 354 g/mol. The first-order chi connectivity index (χ1) is 12.5. The second kappa shape index (κ2) is 7.85. The van der Waals surface area contributed by atoms with Crippen molar-refractivity contribution in [2.24, 2.45) is 0 Å². The zero-order chi connectivity index (χ0) is 18.7. The molecule has 1 amide bonds. The maximum Gasteiger partial charge on any atom is 0.282 e. The molecule has 3 rings (SSSR count). The van der Waals surface area contributed by atoms with Crippen LogP contribution in [0.25, 0.3) is 0 Å². The molecule has 0 bridgehead atoms. The first kappa shape index (κ1) is 18.4. The Hall–Kier alpha value is -2.44. The summed E-state index contributed by atoms with van der Waals surface area (Å²) in [6.07, 6.45) is 0. The molecule has 2 aromatic carbocycles. The first-order valence-electron chi connectivity index (χ1n) is 8.50. The number of para-hydroxylation sites is 1. The summed E-state index contributed by atoms with van der Waals surface area (Å²) in [5.41, 5.74) is 1.06. The fraction of sp³-hybridized carbons (Fsp3) is 0.316. The molecule has 0 N–H and O–H groups in total. The van der Waals surface area contributed by atoms with Crippen LogP contribution >= 0.6 is 11.6 Å². The van der Waals surface area contributed by atoms with E-state index in [1.165, 1.54) is 12.1 Å². The molecule has 0 aliphatic carbocycles. The highest BCUT2D eigenvalue weighted by molar-refractivity contribution is 6.31. The number of nitrogens with zero attached hydrogens (tertiary/aromatic N) is 3. The molecule has 7 heteroatoms. The van der Waals surface area contributed by atoms with Gasteiger partial charge in [-0.1, -0.05) is 41.9 Å². The van der Waals surface area contributed by atoms with Crippen LogP contribution in [0.4, 0.5) is 5.69 Å². The molecule has 1 fully saturated rings. The number of hydrogen-bond donors (Lipinski definition) is 0. The number of piperazine rings is 1. The van der Waals surface area contributed by atoms with Crippen molar-refractivity contribution in [1.29, 1.82) is 0 Å². The lowest BCUT2D eigenvalue weighted by Crippen LogP contribution is -2.49. The van der Waals surface area contributed by atoms with Gasteiger partial charge >= 0.3 is 0 Å². The molecule has 1 aliphatic rings. The van der Waals surface area contributed by atoms with Gasteiger partial charge in [-0.3, -0.25) is 19.8 Å². The number of carbonyl (C=O) groups is 1. The van der Waals surface area contributed by atoms with Gasteiger partial charge in [-0.25, -0.2) is 0 Å². The summed E-state index contributed by atoms with van der Waals surface area (Å²) in [7, 11) is 0. The summed E-state index contributed by atoms with van der Waals surface area (Å²) in [6, 6.07) is 14.0. The summed E-state index contributed by atoms with van der Waals surface area (Å²) in [4.78, 5) is 27.3. The van der Waals surface area contributed by atoms with Crippen molar-refractivity contribution in [1.82, 2.24) is 9.80 Å². The second-order valence-electron chi connectivity index (χ2n) is 6.30. The van der Waals surface area contributed by atoms with Crippen molar-refractivity contribution >= 4 is 23.2 Å². The van der Waals surface area contributed by atoms with E-state index in [2.05, 4.69) is 11.8 Å². The van der Waals surface area contributed by atoms with E-state index in [9.17, 15) is 14.9 Å². The van der Waals surface area contributed by atoms with Gasteiger partial charge in [0.15, 0.2) is 0 Å². The maximum atomic E-state index is 12.7. The average molecular weight is 374 g/mol. The monoisotopic (exact) mass is 373 g/mol. The lowest BCUT2D eigenvalue weighted by Gasteiger charge is -2.38. The summed E-state index contributed by atoms with van der Waals surface area (Å²) in [6.45, 7) is 4.54. The zero-order valence-electron chi connectivity index (χ0n) is 14.5. The van der Waals surface area contributed by atoms with E-state index in [0.29, 0.717) is 26.2 Å². The second-order valence-corrected chi connectivity index (χ2v) is 6.71. The summed E-state index contributed by atoms with van der Waals surface area (Å²) < 4.78 is 0. The highest BCUT2D eigenvalue weighted by Crippen LogP contribution is 2.28. The number of halogens is 1. The van der Waals surface area contributed by atoms with E-state index < -0.39 is 4.92 Å². The minimum atomic E-state index is -0.511. The van der Waals surface area contributed by atoms with Crippen LogP contribution in [0.5, 0.6) is 0 Å². The van der Waals surface area contributed by atoms with Gasteiger partial charge in [-0.05, 0) is 24.6 Å². The molecule has 1 heterocycles. The molecule has 1 unspecified atom stereocenters. The third kappa shape index (κ3) is 3.71. The van der Waals surface area contributed by atoms with E-state index >= 15 is 0 Å². The topological polar surface area (TPSA) is 66.7 Å².